The number of benzene rings is 3. The van der Waals surface area contributed by atoms with Crippen LogP contribution in [0.2, 0.25) is 0 Å². The third-order valence-corrected chi connectivity index (χ3v) is 6.66. The molecule has 0 spiro atoms. The van der Waals surface area contributed by atoms with Crippen molar-refractivity contribution in [3.8, 4) is 5.88 Å². The number of hydrogen-bond acceptors (Lipinski definition) is 6. The largest absolute Gasteiger partial charge is 0.494 e. The number of aliphatic imine (C=N–C) groups is 1. The molecule has 0 amide bonds. The maximum atomic E-state index is 12.0. The van der Waals surface area contributed by atoms with E-state index in [2.05, 4.69) is 34.0 Å². The predicted molar refractivity (Wildman–Crippen MR) is 142 cm³/mol. The lowest BCUT2D eigenvalue weighted by atomic mass is 10.00. The fourth-order valence-corrected chi connectivity index (χ4v) is 4.60. The molecule has 7 heteroatoms. The van der Waals surface area contributed by atoms with E-state index in [-0.39, 0.29) is 5.88 Å². The molecule has 0 aliphatic carbocycles. The summed E-state index contributed by atoms with van der Waals surface area (Å²) in [7, 11) is 3.51. The Morgan fingerprint density at radius 2 is 1.69 bits per heavy atom. The second-order valence-corrected chi connectivity index (χ2v) is 9.17. The molecule has 0 atom stereocenters. The Morgan fingerprint density at radius 3 is 2.39 bits per heavy atom. The summed E-state index contributed by atoms with van der Waals surface area (Å²) in [6.07, 6.45) is 0. The minimum Gasteiger partial charge on any atom is -0.494 e. The van der Waals surface area contributed by atoms with E-state index in [9.17, 15) is 9.90 Å². The zero-order valence-corrected chi connectivity index (χ0v) is 20.6. The van der Waals surface area contributed by atoms with Gasteiger partial charge in [0.15, 0.2) is 5.88 Å². The van der Waals surface area contributed by atoms with E-state index < -0.39 is 5.97 Å². The van der Waals surface area contributed by atoms with Crippen LogP contribution in [0, 0.1) is 0 Å². The number of likely N-dealkylation sites (N-methyl/N-ethyl adjacent to an activating group) is 1. The lowest BCUT2D eigenvalue weighted by Crippen LogP contribution is -2.43. The Morgan fingerprint density at radius 1 is 0.972 bits per heavy atom. The molecule has 2 heterocycles. The lowest BCUT2D eigenvalue weighted by Gasteiger charge is -2.32. The predicted octanol–water partition coefficient (Wildman–Crippen LogP) is 4.58. The first-order valence-corrected chi connectivity index (χ1v) is 12.1. The third-order valence-electron chi connectivity index (χ3n) is 6.66. The van der Waals surface area contributed by atoms with E-state index in [0.717, 1.165) is 49.4 Å². The monoisotopic (exact) mass is 482 g/mol. The normalized spacial score (nSPS) is 15.3. The highest BCUT2D eigenvalue weighted by molar-refractivity contribution is 6.22. The van der Waals surface area contributed by atoms with Crippen molar-refractivity contribution in [3.05, 3.63) is 95.1 Å². The Hall–Kier alpha value is -3.94. The number of aromatic hydroxyl groups is 1. The second-order valence-electron chi connectivity index (χ2n) is 9.17. The van der Waals surface area contributed by atoms with Crippen molar-refractivity contribution >= 4 is 28.3 Å². The van der Waals surface area contributed by atoms with Gasteiger partial charge in [0.25, 0.3) is 0 Å². The fourth-order valence-electron chi connectivity index (χ4n) is 4.60. The SMILES string of the molecule is COC(=O)c1ccc2c(C(=Nc3ccc(CN4CCN(C)CC4)cc3)c3ccccc3)c(O)[nH]c2c1. The van der Waals surface area contributed by atoms with Gasteiger partial charge in [0.05, 0.1) is 29.6 Å². The van der Waals surface area contributed by atoms with Crippen LogP contribution < -0.4 is 0 Å². The van der Waals surface area contributed by atoms with Gasteiger partial charge < -0.3 is 19.7 Å². The molecule has 1 aliphatic rings. The van der Waals surface area contributed by atoms with Crippen molar-refractivity contribution in [2.45, 2.75) is 6.54 Å². The maximum absolute atomic E-state index is 12.0. The van der Waals surface area contributed by atoms with Crippen LogP contribution in [0.15, 0.2) is 77.8 Å². The van der Waals surface area contributed by atoms with Gasteiger partial charge in [0.1, 0.15) is 0 Å². The fraction of sp³-hybridized carbons (Fsp3) is 0.241. The zero-order chi connectivity index (χ0) is 25.1. The minimum atomic E-state index is -0.429. The molecule has 1 aliphatic heterocycles. The Bertz CT molecular complexity index is 1390. The Labute approximate surface area is 210 Å². The summed E-state index contributed by atoms with van der Waals surface area (Å²) < 4.78 is 4.84. The number of carbonyl (C=O) groups excluding carboxylic acids is 1. The summed E-state index contributed by atoms with van der Waals surface area (Å²) in [6.45, 7) is 5.27. The molecule has 36 heavy (non-hydrogen) atoms. The van der Waals surface area contributed by atoms with E-state index in [4.69, 9.17) is 9.73 Å². The van der Waals surface area contributed by atoms with Gasteiger partial charge in [0, 0.05) is 49.2 Å². The van der Waals surface area contributed by atoms with Gasteiger partial charge in [-0.05, 0) is 36.9 Å². The number of piperazine rings is 1. The van der Waals surface area contributed by atoms with Crippen LogP contribution in [0.5, 0.6) is 5.88 Å². The number of hydrogen-bond donors (Lipinski definition) is 2. The highest BCUT2D eigenvalue weighted by Crippen LogP contribution is 2.32. The first kappa shape index (κ1) is 23.8. The van der Waals surface area contributed by atoms with Crippen molar-refractivity contribution in [1.29, 1.82) is 0 Å². The van der Waals surface area contributed by atoms with Crippen molar-refractivity contribution in [3.63, 3.8) is 0 Å². The minimum absolute atomic E-state index is 0.00121. The topological polar surface area (TPSA) is 81.2 Å². The van der Waals surface area contributed by atoms with Crippen LogP contribution in [0.4, 0.5) is 5.69 Å². The first-order chi connectivity index (χ1) is 17.5. The average Bonchev–Trinajstić information content (AvgIpc) is 3.24. The number of carbonyl (C=O) groups is 1. The summed E-state index contributed by atoms with van der Waals surface area (Å²) in [5.41, 5.74) is 5.22. The summed E-state index contributed by atoms with van der Waals surface area (Å²) in [5, 5.41) is 11.7. The molecule has 1 fully saturated rings. The van der Waals surface area contributed by atoms with Crippen LogP contribution in [-0.4, -0.2) is 71.9 Å². The van der Waals surface area contributed by atoms with Crippen LogP contribution in [0.25, 0.3) is 10.9 Å². The number of nitrogens with one attached hydrogen (secondary N) is 1. The quantitative estimate of drug-likeness (QED) is 0.311. The summed E-state index contributed by atoms with van der Waals surface area (Å²) in [4.78, 5) is 24.8. The van der Waals surface area contributed by atoms with Gasteiger partial charge in [-0.25, -0.2) is 9.79 Å². The molecule has 0 saturated carbocycles. The van der Waals surface area contributed by atoms with E-state index >= 15 is 0 Å². The molecule has 4 aromatic rings. The average molecular weight is 483 g/mol. The highest BCUT2D eigenvalue weighted by atomic mass is 16.5. The molecule has 0 unspecified atom stereocenters. The molecular formula is C29H30N4O3. The third kappa shape index (κ3) is 5.03. The number of fused-ring (bicyclic) bond motifs is 1. The number of aromatic nitrogens is 1. The number of aromatic amines is 1. The summed E-state index contributed by atoms with van der Waals surface area (Å²) in [6, 6.07) is 23.3. The lowest BCUT2D eigenvalue weighted by molar-refractivity contribution is 0.0601. The highest BCUT2D eigenvalue weighted by Gasteiger charge is 2.20. The van der Waals surface area contributed by atoms with Gasteiger partial charge >= 0.3 is 5.97 Å². The smallest absolute Gasteiger partial charge is 0.337 e. The van der Waals surface area contributed by atoms with E-state index in [0.29, 0.717) is 22.4 Å². The second kappa shape index (κ2) is 10.4. The molecule has 0 radical (unpaired) electrons. The molecule has 5 rings (SSSR count). The van der Waals surface area contributed by atoms with Gasteiger partial charge in [-0.15, -0.1) is 0 Å². The number of methoxy groups -OCH3 is 1. The molecular weight excluding hydrogens is 452 g/mol. The standard InChI is InChI=1S/C29H30N4O3/c1-32-14-16-33(17-15-32)19-20-8-11-23(12-9-20)30-27(21-6-4-3-5-7-21)26-24-13-10-22(29(35)36-2)18-25(24)31-28(26)34/h3-13,18,31,34H,14-17,19H2,1-2H3. The van der Waals surface area contributed by atoms with E-state index in [1.807, 2.05) is 48.5 Å². The molecule has 7 nitrogen and oxygen atoms in total. The van der Waals surface area contributed by atoms with Gasteiger partial charge in [0.2, 0.25) is 0 Å². The van der Waals surface area contributed by atoms with Crippen molar-refractivity contribution in [2.75, 3.05) is 40.3 Å². The van der Waals surface area contributed by atoms with Crippen molar-refractivity contribution in [2.24, 2.45) is 4.99 Å². The van der Waals surface area contributed by atoms with Gasteiger partial charge in [-0.3, -0.25) is 4.90 Å². The van der Waals surface area contributed by atoms with Crippen molar-refractivity contribution in [1.82, 2.24) is 14.8 Å². The number of H-pyrrole nitrogens is 1. The number of esters is 1. The number of ether oxygens (including phenoxy) is 1. The van der Waals surface area contributed by atoms with E-state index in [1.165, 1.54) is 12.7 Å². The van der Waals surface area contributed by atoms with Gasteiger partial charge in [-0.1, -0.05) is 48.5 Å². The van der Waals surface area contributed by atoms with Crippen LogP contribution in [0.3, 0.4) is 0 Å². The summed E-state index contributed by atoms with van der Waals surface area (Å²) in [5.74, 6) is -0.428. The molecule has 1 saturated heterocycles. The van der Waals surface area contributed by atoms with Crippen LogP contribution in [-0.2, 0) is 11.3 Å². The number of nitrogens with zero attached hydrogens (tertiary/aromatic N) is 3. The van der Waals surface area contributed by atoms with Crippen LogP contribution >= 0.6 is 0 Å². The molecule has 2 N–H and O–H groups in total. The Balaban J connectivity index is 1.50. The van der Waals surface area contributed by atoms with Gasteiger partial charge in [-0.2, -0.15) is 0 Å². The van der Waals surface area contributed by atoms with Crippen molar-refractivity contribution < 1.29 is 14.6 Å². The zero-order valence-electron chi connectivity index (χ0n) is 20.6. The summed E-state index contributed by atoms with van der Waals surface area (Å²) >= 11 is 0. The number of rotatable bonds is 6. The Kier molecular flexibility index (Phi) is 6.84. The van der Waals surface area contributed by atoms with Crippen LogP contribution in [0.1, 0.15) is 27.0 Å². The molecule has 0 bridgehead atoms. The molecule has 3 aromatic carbocycles. The molecule has 184 valence electrons. The maximum Gasteiger partial charge on any atom is 0.337 e. The van der Waals surface area contributed by atoms with E-state index in [1.54, 1.807) is 12.1 Å². The molecule has 1 aromatic heterocycles. The first-order valence-electron chi connectivity index (χ1n) is 12.1.